The second-order valence-electron chi connectivity index (χ2n) is 5.75. The third-order valence-electron chi connectivity index (χ3n) is 4.00. The maximum absolute atomic E-state index is 4.60. The Bertz CT molecular complexity index is 396. The van der Waals surface area contributed by atoms with Crippen molar-refractivity contribution >= 4 is 11.8 Å². The van der Waals surface area contributed by atoms with Crippen molar-refractivity contribution < 1.29 is 0 Å². The normalized spacial score (nSPS) is 23.2. The van der Waals surface area contributed by atoms with Gasteiger partial charge in [-0.05, 0) is 43.7 Å². The summed E-state index contributed by atoms with van der Waals surface area (Å²) in [6.45, 7) is 1.94. The molecule has 0 spiro atoms. The molecule has 1 aromatic heterocycles. The van der Waals surface area contributed by atoms with Crippen LogP contribution < -0.4 is 5.32 Å². The van der Waals surface area contributed by atoms with Crippen LogP contribution >= 0.6 is 11.8 Å². The minimum atomic E-state index is 0.739. The van der Waals surface area contributed by atoms with Gasteiger partial charge in [-0.15, -0.1) is 0 Å². The Balaban J connectivity index is 1.49. The summed E-state index contributed by atoms with van der Waals surface area (Å²) in [6.07, 6.45) is 6.04. The van der Waals surface area contributed by atoms with Crippen LogP contribution in [0.2, 0.25) is 0 Å². The standard InChI is InChI=1S/C15H23N3S/c1-18(15-6-7-19-11-15)10-14-3-2-12(9-17-14)8-16-13-4-5-13/h2-3,9,13,15-16H,4-8,10-11H2,1H3. The van der Waals surface area contributed by atoms with E-state index in [0.717, 1.165) is 25.2 Å². The molecule has 2 aliphatic rings. The van der Waals surface area contributed by atoms with Crippen molar-refractivity contribution in [2.45, 2.75) is 44.4 Å². The second-order valence-corrected chi connectivity index (χ2v) is 6.90. The number of nitrogens with zero attached hydrogens (tertiary/aromatic N) is 2. The highest BCUT2D eigenvalue weighted by atomic mass is 32.2. The molecule has 1 aliphatic carbocycles. The first-order valence-corrected chi connectivity index (χ1v) is 8.42. The van der Waals surface area contributed by atoms with Crippen molar-refractivity contribution in [2.24, 2.45) is 0 Å². The highest BCUT2D eigenvalue weighted by Gasteiger charge is 2.21. The predicted octanol–water partition coefficient (Wildman–Crippen LogP) is 2.27. The van der Waals surface area contributed by atoms with E-state index in [2.05, 4.69) is 46.1 Å². The van der Waals surface area contributed by atoms with Crippen molar-refractivity contribution in [1.82, 2.24) is 15.2 Å². The largest absolute Gasteiger partial charge is 0.310 e. The Morgan fingerprint density at radius 3 is 2.89 bits per heavy atom. The molecular formula is C15H23N3S. The molecule has 2 heterocycles. The summed E-state index contributed by atoms with van der Waals surface area (Å²) in [5.41, 5.74) is 2.49. The lowest BCUT2D eigenvalue weighted by Gasteiger charge is -2.22. The Morgan fingerprint density at radius 2 is 2.26 bits per heavy atom. The van der Waals surface area contributed by atoms with Gasteiger partial charge >= 0.3 is 0 Å². The van der Waals surface area contributed by atoms with E-state index < -0.39 is 0 Å². The summed E-state index contributed by atoms with van der Waals surface area (Å²) in [5.74, 6) is 2.59. The zero-order chi connectivity index (χ0) is 13.1. The van der Waals surface area contributed by atoms with Crippen molar-refractivity contribution in [3.8, 4) is 0 Å². The summed E-state index contributed by atoms with van der Waals surface area (Å²) >= 11 is 2.07. The molecule has 0 bridgehead atoms. The van der Waals surface area contributed by atoms with Gasteiger partial charge in [-0.3, -0.25) is 9.88 Å². The van der Waals surface area contributed by atoms with E-state index in [1.54, 1.807) is 0 Å². The van der Waals surface area contributed by atoms with Gasteiger partial charge in [0.15, 0.2) is 0 Å². The van der Waals surface area contributed by atoms with E-state index in [1.165, 1.54) is 42.0 Å². The summed E-state index contributed by atoms with van der Waals surface area (Å²) in [6, 6.07) is 5.91. The lowest BCUT2D eigenvalue weighted by molar-refractivity contribution is 0.251. The number of nitrogens with one attached hydrogen (secondary N) is 1. The maximum Gasteiger partial charge on any atom is 0.0544 e. The summed E-state index contributed by atoms with van der Waals surface area (Å²) in [7, 11) is 2.22. The van der Waals surface area contributed by atoms with Gasteiger partial charge < -0.3 is 5.32 Å². The molecule has 1 atom stereocenters. The molecule has 1 aliphatic heterocycles. The smallest absolute Gasteiger partial charge is 0.0544 e. The minimum Gasteiger partial charge on any atom is -0.310 e. The summed E-state index contributed by atoms with van der Waals surface area (Å²) in [4.78, 5) is 7.05. The molecule has 1 saturated heterocycles. The van der Waals surface area contributed by atoms with Crippen LogP contribution in [0, 0.1) is 0 Å². The molecule has 3 rings (SSSR count). The molecule has 104 valence electrons. The quantitative estimate of drug-likeness (QED) is 0.863. The maximum atomic E-state index is 4.60. The molecular weight excluding hydrogens is 254 g/mol. The Kier molecular flexibility index (Phi) is 4.41. The molecule has 4 heteroatoms. The number of aromatic nitrogens is 1. The van der Waals surface area contributed by atoms with E-state index >= 15 is 0 Å². The minimum absolute atomic E-state index is 0.739. The van der Waals surface area contributed by atoms with Gasteiger partial charge in [0.05, 0.1) is 5.69 Å². The van der Waals surface area contributed by atoms with Gasteiger partial charge in [0.1, 0.15) is 0 Å². The van der Waals surface area contributed by atoms with E-state index in [4.69, 9.17) is 0 Å². The van der Waals surface area contributed by atoms with Crippen molar-refractivity contribution in [3.63, 3.8) is 0 Å². The zero-order valence-electron chi connectivity index (χ0n) is 11.6. The van der Waals surface area contributed by atoms with Gasteiger partial charge in [0, 0.05) is 37.1 Å². The summed E-state index contributed by atoms with van der Waals surface area (Å²) < 4.78 is 0. The first-order chi connectivity index (χ1) is 9.31. The van der Waals surface area contributed by atoms with Crippen LogP contribution in [0.5, 0.6) is 0 Å². The third kappa shape index (κ3) is 3.94. The van der Waals surface area contributed by atoms with Crippen LogP contribution in [0.15, 0.2) is 18.3 Å². The number of rotatable bonds is 6. The zero-order valence-corrected chi connectivity index (χ0v) is 12.5. The monoisotopic (exact) mass is 277 g/mol. The number of hydrogen-bond donors (Lipinski definition) is 1. The average molecular weight is 277 g/mol. The lowest BCUT2D eigenvalue weighted by atomic mass is 10.2. The number of thioether (sulfide) groups is 1. The molecule has 1 unspecified atom stereocenters. The van der Waals surface area contributed by atoms with Gasteiger partial charge in [0.25, 0.3) is 0 Å². The predicted molar refractivity (Wildman–Crippen MR) is 81.3 cm³/mol. The fraction of sp³-hybridized carbons (Fsp3) is 0.667. The van der Waals surface area contributed by atoms with Crippen molar-refractivity contribution in [1.29, 1.82) is 0 Å². The van der Waals surface area contributed by atoms with Crippen LogP contribution in [-0.4, -0.2) is 40.5 Å². The van der Waals surface area contributed by atoms with Crippen LogP contribution in [0.3, 0.4) is 0 Å². The van der Waals surface area contributed by atoms with Gasteiger partial charge in [-0.1, -0.05) is 6.07 Å². The van der Waals surface area contributed by atoms with Crippen molar-refractivity contribution in [3.05, 3.63) is 29.6 Å². The molecule has 0 radical (unpaired) electrons. The van der Waals surface area contributed by atoms with Crippen LogP contribution in [0.1, 0.15) is 30.5 Å². The Hall–Kier alpha value is -0.580. The lowest BCUT2D eigenvalue weighted by Crippen LogP contribution is -2.31. The van der Waals surface area contributed by atoms with Gasteiger partial charge in [-0.25, -0.2) is 0 Å². The highest BCUT2D eigenvalue weighted by molar-refractivity contribution is 7.99. The Morgan fingerprint density at radius 1 is 1.37 bits per heavy atom. The van der Waals surface area contributed by atoms with Crippen LogP contribution in [0.25, 0.3) is 0 Å². The van der Waals surface area contributed by atoms with Crippen LogP contribution in [-0.2, 0) is 13.1 Å². The fourth-order valence-electron chi connectivity index (χ4n) is 2.46. The van der Waals surface area contributed by atoms with Crippen LogP contribution in [0.4, 0.5) is 0 Å². The molecule has 2 fully saturated rings. The fourth-order valence-corrected chi connectivity index (χ4v) is 3.76. The van der Waals surface area contributed by atoms with E-state index in [0.29, 0.717) is 0 Å². The molecule has 1 aromatic rings. The SMILES string of the molecule is CN(Cc1ccc(CNC2CC2)cn1)C1CCSC1. The molecule has 19 heavy (non-hydrogen) atoms. The van der Waals surface area contributed by atoms with Gasteiger partial charge in [-0.2, -0.15) is 11.8 Å². The molecule has 3 nitrogen and oxygen atoms in total. The molecule has 1 N–H and O–H groups in total. The molecule has 0 amide bonds. The molecule has 1 saturated carbocycles. The number of hydrogen-bond acceptors (Lipinski definition) is 4. The molecule has 0 aromatic carbocycles. The third-order valence-corrected chi connectivity index (χ3v) is 5.14. The number of pyridine rings is 1. The first kappa shape index (κ1) is 13.4. The van der Waals surface area contributed by atoms with Crippen molar-refractivity contribution in [2.75, 3.05) is 18.6 Å². The second kappa shape index (κ2) is 6.25. The van der Waals surface area contributed by atoms with Gasteiger partial charge in [0.2, 0.25) is 0 Å². The summed E-state index contributed by atoms with van der Waals surface area (Å²) in [5, 5.41) is 3.52. The van der Waals surface area contributed by atoms with E-state index in [9.17, 15) is 0 Å². The Labute approximate surface area is 120 Å². The highest BCUT2D eigenvalue weighted by Crippen LogP contribution is 2.22. The van der Waals surface area contributed by atoms with E-state index in [1.807, 2.05) is 6.20 Å². The first-order valence-electron chi connectivity index (χ1n) is 7.26. The topological polar surface area (TPSA) is 28.2 Å². The average Bonchev–Trinajstić information content (AvgIpc) is 3.09. The van der Waals surface area contributed by atoms with E-state index in [-0.39, 0.29) is 0 Å².